The van der Waals surface area contributed by atoms with Crippen LogP contribution in [0.25, 0.3) is 0 Å². The molecular weight excluding hydrogens is 955 g/mol. The van der Waals surface area contributed by atoms with E-state index in [9.17, 15) is 45.6 Å². The van der Waals surface area contributed by atoms with Crippen LogP contribution >= 0.6 is 0 Å². The van der Waals surface area contributed by atoms with E-state index in [1.807, 2.05) is 6.08 Å². The maximum absolute atomic E-state index is 13.2. The molecule has 0 spiro atoms. The molecule has 14 nitrogen and oxygen atoms in total. The number of amides is 1. The number of carbonyl (C=O) groups is 1. The first-order chi connectivity index (χ1) is 36.6. The lowest BCUT2D eigenvalue weighted by atomic mass is 9.97. The first-order valence-corrected chi connectivity index (χ1v) is 30.0. The summed E-state index contributed by atoms with van der Waals surface area (Å²) < 4.78 is 22.8. The summed E-state index contributed by atoms with van der Waals surface area (Å²) in [5.41, 5.74) is 0. The molecule has 0 aromatic carbocycles. The van der Waals surface area contributed by atoms with Crippen molar-refractivity contribution >= 4 is 5.91 Å². The van der Waals surface area contributed by atoms with Crippen LogP contribution in [0.4, 0.5) is 0 Å². The SMILES string of the molecule is CCCCC/C=C\C/C=C\CCCCCCCCCCCC(=O)NC(COC1OC(CO)C(OC2OC(CO)C(O)C(O)C2O)C(O)C1O)C(O)/C=C/CC/C=C/CC/C=C/CCCCCCCCCCCCCC. The number of ether oxygens (including phenoxy) is 4. The van der Waals surface area contributed by atoms with Crippen LogP contribution in [0.2, 0.25) is 0 Å². The third-order valence-electron chi connectivity index (χ3n) is 14.4. The molecule has 436 valence electrons. The van der Waals surface area contributed by atoms with Gasteiger partial charge in [-0.2, -0.15) is 0 Å². The minimum absolute atomic E-state index is 0.259. The summed E-state index contributed by atoms with van der Waals surface area (Å²) in [4.78, 5) is 13.2. The van der Waals surface area contributed by atoms with Crippen LogP contribution in [0.15, 0.2) is 60.8 Å². The van der Waals surface area contributed by atoms with E-state index in [4.69, 9.17) is 18.9 Å². The summed E-state index contributed by atoms with van der Waals surface area (Å²) in [6.07, 6.45) is 42.5. The minimum Gasteiger partial charge on any atom is -0.394 e. The van der Waals surface area contributed by atoms with Gasteiger partial charge in [0.2, 0.25) is 5.91 Å². The number of hydrogen-bond donors (Lipinski definition) is 9. The average molecular weight is 1060 g/mol. The number of nitrogens with one attached hydrogen (secondary N) is 1. The van der Waals surface area contributed by atoms with Crippen molar-refractivity contribution in [1.29, 1.82) is 0 Å². The standard InChI is InChI=1S/C61H109NO13/c1-3-5-7-9-11-13-15-17-19-21-23-24-25-27-28-30-32-34-36-38-40-42-44-50(65)49(62-53(66)45-43-41-39-37-35-33-31-29-26-22-20-18-16-14-12-10-8-6-4-2)48-72-60-58(71)56(69)59(52(47-64)74-60)75-61-57(70)55(68)54(67)51(46-63)73-61/h12,14,18,20,27-28,34,36,42,44,49-52,54-61,63-65,67-71H,3-11,13,15-17,19,21-26,29-33,35,37-41,43,45-48H2,1-2H3,(H,62,66)/b14-12-,20-18-,28-27+,36-34+,44-42+. The average Bonchev–Trinajstić information content (AvgIpc) is 3.41. The number of aliphatic hydroxyl groups excluding tert-OH is 8. The van der Waals surface area contributed by atoms with Gasteiger partial charge in [-0.05, 0) is 77.0 Å². The third kappa shape index (κ3) is 32.4. The van der Waals surface area contributed by atoms with E-state index in [2.05, 4.69) is 67.8 Å². The highest BCUT2D eigenvalue weighted by Gasteiger charge is 2.51. The molecule has 2 aliphatic rings. The molecule has 9 N–H and O–H groups in total. The van der Waals surface area contributed by atoms with Gasteiger partial charge in [0.25, 0.3) is 0 Å². The van der Waals surface area contributed by atoms with Gasteiger partial charge in [0.05, 0.1) is 32.0 Å². The predicted octanol–water partition coefficient (Wildman–Crippen LogP) is 10.2. The van der Waals surface area contributed by atoms with Crippen molar-refractivity contribution in [2.75, 3.05) is 19.8 Å². The molecule has 2 rings (SSSR count). The molecule has 14 heteroatoms. The van der Waals surface area contributed by atoms with Gasteiger partial charge in [-0.15, -0.1) is 0 Å². The van der Waals surface area contributed by atoms with Crippen LogP contribution in [0.3, 0.4) is 0 Å². The van der Waals surface area contributed by atoms with E-state index < -0.39 is 86.8 Å². The van der Waals surface area contributed by atoms with E-state index in [1.54, 1.807) is 6.08 Å². The first-order valence-electron chi connectivity index (χ1n) is 30.0. The van der Waals surface area contributed by atoms with Gasteiger partial charge in [0.15, 0.2) is 12.6 Å². The van der Waals surface area contributed by atoms with Crippen molar-refractivity contribution in [1.82, 2.24) is 5.32 Å². The van der Waals surface area contributed by atoms with E-state index in [0.717, 1.165) is 57.8 Å². The molecule has 2 fully saturated rings. The molecule has 2 aliphatic heterocycles. The zero-order valence-corrected chi connectivity index (χ0v) is 46.8. The normalized spacial score (nSPS) is 25.5. The fraction of sp³-hybridized carbons (Fsp3) is 0.820. The maximum Gasteiger partial charge on any atom is 0.220 e. The third-order valence-corrected chi connectivity index (χ3v) is 14.4. The largest absolute Gasteiger partial charge is 0.394 e. The van der Waals surface area contributed by atoms with Crippen molar-refractivity contribution in [3.63, 3.8) is 0 Å². The molecule has 2 saturated heterocycles. The molecule has 12 unspecified atom stereocenters. The number of aliphatic hydroxyl groups is 8. The van der Waals surface area contributed by atoms with Crippen molar-refractivity contribution in [2.24, 2.45) is 0 Å². The Hall–Kier alpha value is -2.31. The summed E-state index contributed by atoms with van der Waals surface area (Å²) in [6.45, 7) is 2.75. The Bertz CT molecular complexity index is 1490. The van der Waals surface area contributed by atoms with Gasteiger partial charge >= 0.3 is 0 Å². The van der Waals surface area contributed by atoms with E-state index in [1.165, 1.54) is 135 Å². The van der Waals surface area contributed by atoms with E-state index in [0.29, 0.717) is 12.8 Å². The van der Waals surface area contributed by atoms with Crippen molar-refractivity contribution < 1.29 is 64.6 Å². The number of unbranched alkanes of at least 4 members (excludes halogenated alkanes) is 26. The molecule has 2 heterocycles. The van der Waals surface area contributed by atoms with Crippen molar-refractivity contribution in [3.05, 3.63) is 60.8 Å². The fourth-order valence-corrected chi connectivity index (χ4v) is 9.53. The Balaban J connectivity index is 1.80. The number of hydrogen-bond acceptors (Lipinski definition) is 13. The lowest BCUT2D eigenvalue weighted by molar-refractivity contribution is -0.359. The second-order valence-electron chi connectivity index (χ2n) is 21.1. The van der Waals surface area contributed by atoms with Crippen LogP contribution in [-0.4, -0.2) is 140 Å². The highest BCUT2D eigenvalue weighted by molar-refractivity contribution is 5.76. The Kier molecular flexibility index (Phi) is 42.7. The Morgan fingerprint density at radius 2 is 0.893 bits per heavy atom. The maximum atomic E-state index is 13.2. The lowest BCUT2D eigenvalue weighted by Gasteiger charge is -2.46. The molecule has 0 saturated carbocycles. The summed E-state index contributed by atoms with van der Waals surface area (Å²) in [7, 11) is 0. The predicted molar refractivity (Wildman–Crippen MR) is 300 cm³/mol. The van der Waals surface area contributed by atoms with Gasteiger partial charge in [-0.1, -0.05) is 203 Å². The second kappa shape index (κ2) is 46.6. The van der Waals surface area contributed by atoms with Crippen molar-refractivity contribution in [3.8, 4) is 0 Å². The summed E-state index contributed by atoms with van der Waals surface area (Å²) in [6, 6.07) is -0.942. The molecular formula is C61H109NO13. The molecule has 0 aliphatic carbocycles. The fourth-order valence-electron chi connectivity index (χ4n) is 9.53. The van der Waals surface area contributed by atoms with Crippen LogP contribution in [0.1, 0.15) is 226 Å². The van der Waals surface area contributed by atoms with E-state index >= 15 is 0 Å². The van der Waals surface area contributed by atoms with Gasteiger partial charge in [0.1, 0.15) is 48.8 Å². The molecule has 0 radical (unpaired) electrons. The Labute approximate surface area is 454 Å². The number of carbonyl (C=O) groups excluding carboxylic acids is 1. The minimum atomic E-state index is -1.79. The lowest BCUT2D eigenvalue weighted by Crippen LogP contribution is -2.65. The highest BCUT2D eigenvalue weighted by Crippen LogP contribution is 2.30. The van der Waals surface area contributed by atoms with Gasteiger partial charge in [0, 0.05) is 6.42 Å². The van der Waals surface area contributed by atoms with Gasteiger partial charge in [-0.25, -0.2) is 0 Å². The summed E-state index contributed by atoms with van der Waals surface area (Å²) in [5, 5.41) is 87.1. The quantitative estimate of drug-likeness (QED) is 0.0204. The number of rotatable bonds is 47. The second-order valence-corrected chi connectivity index (χ2v) is 21.1. The monoisotopic (exact) mass is 1060 g/mol. The van der Waals surface area contributed by atoms with Gasteiger partial charge < -0.3 is 65.1 Å². The molecule has 0 aromatic rings. The topological polar surface area (TPSA) is 228 Å². The van der Waals surface area contributed by atoms with E-state index in [-0.39, 0.29) is 18.9 Å². The highest BCUT2D eigenvalue weighted by atomic mass is 16.7. The molecule has 0 bridgehead atoms. The van der Waals surface area contributed by atoms with Crippen molar-refractivity contribution in [2.45, 2.75) is 299 Å². The molecule has 75 heavy (non-hydrogen) atoms. The molecule has 1 amide bonds. The first kappa shape index (κ1) is 68.8. The van der Waals surface area contributed by atoms with Crippen LogP contribution < -0.4 is 5.32 Å². The van der Waals surface area contributed by atoms with Crippen LogP contribution in [-0.2, 0) is 23.7 Å². The summed E-state index contributed by atoms with van der Waals surface area (Å²) >= 11 is 0. The zero-order chi connectivity index (χ0) is 54.6. The summed E-state index contributed by atoms with van der Waals surface area (Å²) in [5.74, 6) is -0.259. The Morgan fingerprint density at radius 3 is 1.41 bits per heavy atom. The Morgan fingerprint density at radius 1 is 0.480 bits per heavy atom. The number of allylic oxidation sites excluding steroid dienone is 9. The smallest absolute Gasteiger partial charge is 0.220 e. The van der Waals surface area contributed by atoms with Crippen LogP contribution in [0, 0.1) is 0 Å². The molecule has 0 aromatic heterocycles. The molecule has 12 atom stereocenters. The van der Waals surface area contributed by atoms with Crippen LogP contribution in [0.5, 0.6) is 0 Å². The van der Waals surface area contributed by atoms with Gasteiger partial charge in [-0.3, -0.25) is 4.79 Å². The zero-order valence-electron chi connectivity index (χ0n) is 46.8.